The normalized spacial score (nSPS) is 14.2. The van der Waals surface area contributed by atoms with Gasteiger partial charge in [-0.3, -0.25) is 0 Å². The predicted octanol–water partition coefficient (Wildman–Crippen LogP) is 4.91. The van der Waals surface area contributed by atoms with Gasteiger partial charge in [-0.15, -0.1) is 0 Å². The lowest BCUT2D eigenvalue weighted by Crippen LogP contribution is -2.24. The molecule has 4 heteroatoms. The van der Waals surface area contributed by atoms with E-state index in [1.807, 2.05) is 0 Å². The smallest absolute Gasteiger partial charge is 0.108 e. The number of unbranched alkanes of at least 4 members (excludes halogenated alkanes) is 2. The van der Waals surface area contributed by atoms with Crippen LogP contribution in [-0.4, -0.2) is 38.6 Å². The highest BCUT2D eigenvalue weighted by Crippen LogP contribution is 2.09. The van der Waals surface area contributed by atoms with Crippen molar-refractivity contribution < 1.29 is 19.2 Å². The molecule has 0 spiro atoms. The van der Waals surface area contributed by atoms with E-state index in [1.165, 1.54) is 12.8 Å². The van der Waals surface area contributed by atoms with Gasteiger partial charge in [0.2, 0.25) is 0 Å². The van der Waals surface area contributed by atoms with E-state index in [2.05, 4.69) is 27.7 Å². The molecule has 0 aliphatic carbocycles. The molecule has 4 nitrogen and oxygen atoms in total. The second kappa shape index (κ2) is 17.2. The van der Waals surface area contributed by atoms with Gasteiger partial charge in [0.1, 0.15) is 13.2 Å². The van der Waals surface area contributed by atoms with E-state index in [-0.39, 0.29) is 12.2 Å². The fourth-order valence-corrected chi connectivity index (χ4v) is 2.11. The number of hydrogen-bond donors (Lipinski definition) is 0. The van der Waals surface area contributed by atoms with Crippen LogP contribution in [0.1, 0.15) is 79.1 Å². The Labute approximate surface area is 137 Å². The Hall–Kier alpha value is -0.160. The average molecular weight is 318 g/mol. The molecular formula is C18H38O4. The van der Waals surface area contributed by atoms with Gasteiger partial charge in [0, 0.05) is 13.2 Å². The summed E-state index contributed by atoms with van der Waals surface area (Å²) in [5.41, 5.74) is 0. The second-order valence-electron chi connectivity index (χ2n) is 5.84. The Bertz CT molecular complexity index is 173. The third kappa shape index (κ3) is 13.5. The topological polar surface area (TPSA) is 36.9 Å². The van der Waals surface area contributed by atoms with Crippen molar-refractivity contribution in [1.82, 2.24) is 0 Å². The Morgan fingerprint density at radius 3 is 1.32 bits per heavy atom. The summed E-state index contributed by atoms with van der Waals surface area (Å²) in [5, 5.41) is 0. The molecule has 0 aromatic heterocycles. The standard InChI is InChI=1S/C18H38O4/c1-5-9-11-17(19-13-7-3)15-21-22-16-18(12-10-6-2)20-14-8-4/h17-18H,5-16H2,1-4H3. The molecule has 0 fully saturated rings. The van der Waals surface area contributed by atoms with E-state index in [4.69, 9.17) is 19.2 Å². The summed E-state index contributed by atoms with van der Waals surface area (Å²) < 4.78 is 11.6. The number of rotatable bonds is 17. The first-order valence-corrected chi connectivity index (χ1v) is 9.25. The highest BCUT2D eigenvalue weighted by molar-refractivity contribution is 4.57. The molecule has 0 saturated heterocycles. The maximum atomic E-state index is 5.79. The van der Waals surface area contributed by atoms with Crippen LogP contribution >= 0.6 is 0 Å². The first-order valence-electron chi connectivity index (χ1n) is 9.25. The first-order chi connectivity index (χ1) is 10.8. The molecule has 0 bridgehead atoms. The summed E-state index contributed by atoms with van der Waals surface area (Å²) in [6.45, 7) is 11.2. The van der Waals surface area contributed by atoms with Crippen molar-refractivity contribution in [2.45, 2.75) is 91.3 Å². The van der Waals surface area contributed by atoms with Gasteiger partial charge < -0.3 is 9.47 Å². The minimum absolute atomic E-state index is 0.144. The highest BCUT2D eigenvalue weighted by Gasteiger charge is 2.12. The molecule has 0 saturated carbocycles. The monoisotopic (exact) mass is 318 g/mol. The van der Waals surface area contributed by atoms with Crippen LogP contribution in [0.2, 0.25) is 0 Å². The summed E-state index contributed by atoms with van der Waals surface area (Å²) in [4.78, 5) is 10.8. The van der Waals surface area contributed by atoms with Gasteiger partial charge in [0.25, 0.3) is 0 Å². The average Bonchev–Trinajstić information content (AvgIpc) is 2.54. The predicted molar refractivity (Wildman–Crippen MR) is 91.0 cm³/mol. The van der Waals surface area contributed by atoms with Crippen molar-refractivity contribution in [3.05, 3.63) is 0 Å². The first kappa shape index (κ1) is 21.8. The van der Waals surface area contributed by atoms with Crippen LogP contribution in [0.3, 0.4) is 0 Å². The summed E-state index contributed by atoms with van der Waals surface area (Å²) in [7, 11) is 0. The molecule has 0 aromatic carbocycles. The van der Waals surface area contributed by atoms with E-state index < -0.39 is 0 Å². The van der Waals surface area contributed by atoms with Crippen LogP contribution in [0, 0.1) is 0 Å². The van der Waals surface area contributed by atoms with Gasteiger partial charge in [-0.25, -0.2) is 9.78 Å². The second-order valence-corrected chi connectivity index (χ2v) is 5.84. The third-order valence-electron chi connectivity index (χ3n) is 3.47. The minimum Gasteiger partial charge on any atom is -0.376 e. The van der Waals surface area contributed by atoms with Gasteiger partial charge in [0.05, 0.1) is 12.2 Å². The van der Waals surface area contributed by atoms with E-state index in [1.54, 1.807) is 0 Å². The number of hydrogen-bond acceptors (Lipinski definition) is 4. The Kier molecular flexibility index (Phi) is 17.1. The Morgan fingerprint density at radius 2 is 1.00 bits per heavy atom. The zero-order chi connectivity index (χ0) is 16.5. The lowest BCUT2D eigenvalue weighted by atomic mass is 10.2. The molecular weight excluding hydrogens is 280 g/mol. The van der Waals surface area contributed by atoms with Crippen LogP contribution in [0.5, 0.6) is 0 Å². The molecule has 0 N–H and O–H groups in total. The molecule has 22 heavy (non-hydrogen) atoms. The van der Waals surface area contributed by atoms with Crippen LogP contribution < -0.4 is 0 Å². The zero-order valence-corrected chi connectivity index (χ0v) is 15.3. The quantitative estimate of drug-likeness (QED) is 0.217. The molecule has 2 atom stereocenters. The zero-order valence-electron chi connectivity index (χ0n) is 15.3. The summed E-state index contributed by atoms with van der Waals surface area (Å²) in [6.07, 6.45) is 9.11. The molecule has 0 aromatic rings. The summed E-state index contributed by atoms with van der Waals surface area (Å²) in [6, 6.07) is 0. The van der Waals surface area contributed by atoms with Crippen molar-refractivity contribution >= 4 is 0 Å². The lowest BCUT2D eigenvalue weighted by Gasteiger charge is -2.19. The molecule has 0 heterocycles. The van der Waals surface area contributed by atoms with Gasteiger partial charge in [0.15, 0.2) is 0 Å². The van der Waals surface area contributed by atoms with Gasteiger partial charge in [-0.1, -0.05) is 53.4 Å². The lowest BCUT2D eigenvalue weighted by molar-refractivity contribution is -0.319. The minimum atomic E-state index is 0.144. The maximum Gasteiger partial charge on any atom is 0.108 e. The maximum absolute atomic E-state index is 5.79. The summed E-state index contributed by atoms with van der Waals surface area (Å²) in [5.74, 6) is 0. The van der Waals surface area contributed by atoms with Crippen LogP contribution in [0.4, 0.5) is 0 Å². The number of ether oxygens (including phenoxy) is 2. The van der Waals surface area contributed by atoms with E-state index >= 15 is 0 Å². The molecule has 0 rings (SSSR count). The molecule has 0 aliphatic rings. The SMILES string of the molecule is CCCCC(COOCC(CCCC)OCCC)OCCC. The molecule has 134 valence electrons. The Morgan fingerprint density at radius 1 is 0.591 bits per heavy atom. The highest BCUT2D eigenvalue weighted by atomic mass is 17.2. The van der Waals surface area contributed by atoms with Crippen LogP contribution in [-0.2, 0) is 19.2 Å². The van der Waals surface area contributed by atoms with Gasteiger partial charge in [-0.05, 0) is 25.7 Å². The van der Waals surface area contributed by atoms with Gasteiger partial charge in [-0.2, -0.15) is 0 Å². The fraction of sp³-hybridized carbons (Fsp3) is 1.00. The van der Waals surface area contributed by atoms with Crippen molar-refractivity contribution in [2.75, 3.05) is 26.4 Å². The fourth-order valence-electron chi connectivity index (χ4n) is 2.11. The van der Waals surface area contributed by atoms with Crippen molar-refractivity contribution in [2.24, 2.45) is 0 Å². The molecule has 0 aliphatic heterocycles. The van der Waals surface area contributed by atoms with Crippen LogP contribution in [0.15, 0.2) is 0 Å². The Balaban J connectivity index is 3.88. The summed E-state index contributed by atoms with van der Waals surface area (Å²) >= 11 is 0. The van der Waals surface area contributed by atoms with Crippen molar-refractivity contribution in [1.29, 1.82) is 0 Å². The molecule has 2 unspecified atom stereocenters. The molecule has 0 amide bonds. The largest absolute Gasteiger partial charge is 0.376 e. The van der Waals surface area contributed by atoms with E-state index in [9.17, 15) is 0 Å². The van der Waals surface area contributed by atoms with Gasteiger partial charge >= 0.3 is 0 Å². The van der Waals surface area contributed by atoms with Crippen LogP contribution in [0.25, 0.3) is 0 Å². The van der Waals surface area contributed by atoms with Crippen molar-refractivity contribution in [3.63, 3.8) is 0 Å². The molecule has 0 radical (unpaired) electrons. The van der Waals surface area contributed by atoms with Crippen molar-refractivity contribution in [3.8, 4) is 0 Å². The third-order valence-corrected chi connectivity index (χ3v) is 3.47. The van der Waals surface area contributed by atoms with E-state index in [0.29, 0.717) is 13.2 Å². The van der Waals surface area contributed by atoms with E-state index in [0.717, 1.165) is 51.7 Å².